The minimum absolute atomic E-state index is 0.0463. The molecule has 1 fully saturated rings. The lowest BCUT2D eigenvalue weighted by Gasteiger charge is -2.38. The van der Waals surface area contributed by atoms with Crippen LogP contribution in [-0.2, 0) is 27.9 Å². The van der Waals surface area contributed by atoms with Crippen molar-refractivity contribution in [2.24, 2.45) is 0 Å². The van der Waals surface area contributed by atoms with Gasteiger partial charge in [-0.1, -0.05) is 0 Å². The van der Waals surface area contributed by atoms with Crippen LogP contribution in [-0.4, -0.2) is 48.9 Å². The predicted octanol–water partition coefficient (Wildman–Crippen LogP) is 1.46. The molecule has 5 nitrogen and oxygen atoms in total. The largest absolute Gasteiger partial charge is 0.373 e. The molecule has 1 aromatic heterocycles. The molecule has 0 radical (unpaired) electrons. The van der Waals surface area contributed by atoms with Gasteiger partial charge in [0.1, 0.15) is 0 Å². The Labute approximate surface area is 124 Å². The third kappa shape index (κ3) is 2.65. The Morgan fingerprint density at radius 1 is 1.25 bits per heavy atom. The Kier molecular flexibility index (Phi) is 3.89. The highest BCUT2D eigenvalue weighted by Gasteiger charge is 2.36. The van der Waals surface area contributed by atoms with Crippen molar-refractivity contribution in [3.05, 3.63) is 21.9 Å². The van der Waals surface area contributed by atoms with Gasteiger partial charge in [-0.25, -0.2) is 0 Å². The number of morpholine rings is 1. The zero-order valence-electron chi connectivity index (χ0n) is 11.8. The summed E-state index contributed by atoms with van der Waals surface area (Å²) in [6.45, 7) is 5.81. The summed E-state index contributed by atoms with van der Waals surface area (Å²) in [5, 5.41) is 2.04. The molecule has 7 heteroatoms. The topological polar surface area (TPSA) is 49.9 Å². The summed E-state index contributed by atoms with van der Waals surface area (Å²) in [5.74, 6) is 0. The van der Waals surface area contributed by atoms with Crippen LogP contribution in [0.15, 0.2) is 11.4 Å². The van der Waals surface area contributed by atoms with Crippen LogP contribution in [0, 0.1) is 0 Å². The molecule has 20 heavy (non-hydrogen) atoms. The summed E-state index contributed by atoms with van der Waals surface area (Å²) >= 11 is 1.72. The number of thiophene rings is 1. The van der Waals surface area contributed by atoms with Crippen molar-refractivity contribution in [3.8, 4) is 0 Å². The number of nitrogens with zero attached hydrogens (tertiary/aromatic N) is 2. The van der Waals surface area contributed by atoms with Gasteiger partial charge in [0.2, 0.25) is 0 Å². The first-order valence-electron chi connectivity index (χ1n) is 6.92. The summed E-state index contributed by atoms with van der Waals surface area (Å²) in [7, 11) is -3.38. The number of hydrogen-bond acceptors (Lipinski definition) is 4. The molecule has 0 aromatic carbocycles. The van der Waals surface area contributed by atoms with E-state index in [4.69, 9.17) is 4.74 Å². The van der Waals surface area contributed by atoms with E-state index in [1.807, 2.05) is 25.3 Å². The molecule has 3 rings (SSSR count). The molecule has 3 heterocycles. The van der Waals surface area contributed by atoms with Crippen molar-refractivity contribution >= 4 is 21.5 Å². The maximum Gasteiger partial charge on any atom is 0.282 e. The van der Waals surface area contributed by atoms with Gasteiger partial charge in [-0.2, -0.15) is 17.0 Å². The van der Waals surface area contributed by atoms with Gasteiger partial charge in [-0.05, 0) is 37.3 Å². The Morgan fingerprint density at radius 2 is 1.95 bits per heavy atom. The second-order valence-corrected chi connectivity index (χ2v) is 8.46. The first-order chi connectivity index (χ1) is 9.46. The monoisotopic (exact) mass is 316 g/mol. The van der Waals surface area contributed by atoms with Crippen molar-refractivity contribution in [1.82, 2.24) is 8.61 Å². The van der Waals surface area contributed by atoms with E-state index in [0.29, 0.717) is 26.2 Å². The first kappa shape index (κ1) is 14.5. The summed E-state index contributed by atoms with van der Waals surface area (Å²) in [6.07, 6.45) is 0.729. The number of fused-ring (bicyclic) bond motifs is 1. The zero-order chi connectivity index (χ0) is 14.3. The third-order valence-electron chi connectivity index (χ3n) is 3.81. The van der Waals surface area contributed by atoms with Gasteiger partial charge in [-0.3, -0.25) is 0 Å². The summed E-state index contributed by atoms with van der Waals surface area (Å²) in [6, 6.07) is 2.03. The normalized spacial score (nSPS) is 29.3. The second kappa shape index (κ2) is 5.38. The van der Waals surface area contributed by atoms with Crippen LogP contribution < -0.4 is 0 Å². The molecule has 0 bridgehead atoms. The molecule has 2 unspecified atom stereocenters. The maximum atomic E-state index is 12.8. The Morgan fingerprint density at radius 3 is 2.65 bits per heavy atom. The summed E-state index contributed by atoms with van der Waals surface area (Å²) in [5.41, 5.74) is 1.15. The van der Waals surface area contributed by atoms with E-state index >= 15 is 0 Å². The third-order valence-corrected chi connectivity index (χ3v) is 6.75. The molecule has 0 N–H and O–H groups in total. The van der Waals surface area contributed by atoms with Gasteiger partial charge >= 0.3 is 0 Å². The lowest BCUT2D eigenvalue weighted by molar-refractivity contribution is -0.0455. The van der Waals surface area contributed by atoms with E-state index in [9.17, 15) is 8.42 Å². The van der Waals surface area contributed by atoms with E-state index < -0.39 is 10.2 Å². The molecule has 1 saturated heterocycles. The SMILES string of the molecule is CC1CN(S(=O)(=O)N2CCc3sccc3C2)CC(C)O1. The molecule has 2 atom stereocenters. The van der Waals surface area contributed by atoms with Crippen LogP contribution in [0.5, 0.6) is 0 Å². The van der Waals surface area contributed by atoms with Gasteiger partial charge in [0.25, 0.3) is 10.2 Å². The zero-order valence-corrected chi connectivity index (χ0v) is 13.4. The average molecular weight is 316 g/mol. The minimum Gasteiger partial charge on any atom is -0.373 e. The lowest BCUT2D eigenvalue weighted by Crippen LogP contribution is -2.53. The van der Waals surface area contributed by atoms with Gasteiger partial charge in [0.05, 0.1) is 12.2 Å². The van der Waals surface area contributed by atoms with Gasteiger partial charge in [0, 0.05) is 31.1 Å². The van der Waals surface area contributed by atoms with Crippen LogP contribution in [0.25, 0.3) is 0 Å². The van der Waals surface area contributed by atoms with E-state index in [1.165, 1.54) is 4.88 Å². The van der Waals surface area contributed by atoms with Crippen molar-refractivity contribution in [1.29, 1.82) is 0 Å². The molecular weight excluding hydrogens is 296 g/mol. The van der Waals surface area contributed by atoms with Gasteiger partial charge in [-0.15, -0.1) is 11.3 Å². The predicted molar refractivity (Wildman–Crippen MR) is 78.9 cm³/mol. The van der Waals surface area contributed by atoms with Crippen molar-refractivity contribution in [2.75, 3.05) is 19.6 Å². The van der Waals surface area contributed by atoms with E-state index in [2.05, 4.69) is 0 Å². The molecule has 0 amide bonds. The minimum atomic E-state index is -3.38. The standard InChI is InChI=1S/C13H20N2O3S2/c1-10-7-15(8-11(2)18-10)20(16,17)14-5-3-13-12(9-14)4-6-19-13/h4,6,10-11H,3,5,7-9H2,1-2H3. The van der Waals surface area contributed by atoms with Gasteiger partial charge in [0.15, 0.2) is 0 Å². The van der Waals surface area contributed by atoms with E-state index in [1.54, 1.807) is 19.9 Å². The molecule has 2 aliphatic heterocycles. The lowest BCUT2D eigenvalue weighted by atomic mass is 10.1. The fraction of sp³-hybridized carbons (Fsp3) is 0.692. The average Bonchev–Trinajstić information content (AvgIpc) is 2.84. The molecule has 0 saturated carbocycles. The Balaban J connectivity index is 1.79. The van der Waals surface area contributed by atoms with Crippen molar-refractivity contribution in [3.63, 3.8) is 0 Å². The van der Waals surface area contributed by atoms with E-state index in [-0.39, 0.29) is 12.2 Å². The first-order valence-corrected chi connectivity index (χ1v) is 9.20. The van der Waals surface area contributed by atoms with Crippen molar-refractivity contribution < 1.29 is 13.2 Å². The highest BCUT2D eigenvalue weighted by Crippen LogP contribution is 2.27. The summed E-state index contributed by atoms with van der Waals surface area (Å²) in [4.78, 5) is 1.32. The molecule has 0 spiro atoms. The van der Waals surface area contributed by atoms with E-state index in [0.717, 1.165) is 12.0 Å². The van der Waals surface area contributed by atoms with Crippen LogP contribution in [0.2, 0.25) is 0 Å². The molecular formula is C13H20N2O3S2. The number of hydrogen-bond donors (Lipinski definition) is 0. The van der Waals surface area contributed by atoms with Crippen LogP contribution in [0.1, 0.15) is 24.3 Å². The van der Waals surface area contributed by atoms with Crippen LogP contribution in [0.3, 0.4) is 0 Å². The van der Waals surface area contributed by atoms with Crippen molar-refractivity contribution in [2.45, 2.75) is 39.0 Å². The van der Waals surface area contributed by atoms with Gasteiger partial charge < -0.3 is 4.74 Å². The molecule has 112 valence electrons. The molecule has 2 aliphatic rings. The number of rotatable bonds is 2. The Bertz CT molecular complexity index is 574. The number of ether oxygens (including phenoxy) is 1. The second-order valence-electron chi connectivity index (χ2n) is 5.53. The molecule has 1 aromatic rings. The highest BCUT2D eigenvalue weighted by atomic mass is 32.2. The summed E-state index contributed by atoms with van der Waals surface area (Å²) < 4.78 is 34.3. The van der Waals surface area contributed by atoms with Crippen LogP contribution >= 0.6 is 11.3 Å². The fourth-order valence-electron chi connectivity index (χ4n) is 2.90. The smallest absolute Gasteiger partial charge is 0.282 e. The highest BCUT2D eigenvalue weighted by molar-refractivity contribution is 7.86. The quantitative estimate of drug-likeness (QED) is 0.830. The Hall–Kier alpha value is -0.470. The fourth-order valence-corrected chi connectivity index (χ4v) is 5.54. The van der Waals surface area contributed by atoms with Crippen LogP contribution in [0.4, 0.5) is 0 Å². The molecule has 0 aliphatic carbocycles. The maximum absolute atomic E-state index is 12.8.